The normalized spacial score (nSPS) is 14.7. The summed E-state index contributed by atoms with van der Waals surface area (Å²) in [6, 6.07) is 4.78. The maximum absolute atomic E-state index is 12.4. The minimum absolute atomic E-state index is 0.179. The van der Waals surface area contributed by atoms with Gasteiger partial charge in [0.15, 0.2) is 0 Å². The number of hydrogen-bond acceptors (Lipinski definition) is 2. The molecule has 1 saturated heterocycles. The Labute approximate surface area is 114 Å². The zero-order valence-electron chi connectivity index (χ0n) is 11.0. The molecule has 1 aliphatic rings. The van der Waals surface area contributed by atoms with Crippen LogP contribution in [0, 0.1) is 0 Å². The Balaban J connectivity index is 1.93. The second-order valence-corrected chi connectivity index (χ2v) is 4.71. The van der Waals surface area contributed by atoms with Crippen molar-refractivity contribution in [3.05, 3.63) is 46.5 Å². The fourth-order valence-electron chi connectivity index (χ4n) is 1.80. The van der Waals surface area contributed by atoms with Crippen LogP contribution < -0.4 is 10.6 Å². The summed E-state index contributed by atoms with van der Waals surface area (Å²) in [5.41, 5.74) is 1.69. The second kappa shape index (κ2) is 5.66. The van der Waals surface area contributed by atoms with Gasteiger partial charge in [-0.1, -0.05) is 12.1 Å². The molecule has 1 aromatic carbocycles. The fourth-order valence-corrected chi connectivity index (χ4v) is 1.80. The highest BCUT2D eigenvalue weighted by Gasteiger charge is 2.29. The summed E-state index contributed by atoms with van der Waals surface area (Å²) >= 11 is 0. The molecule has 0 spiro atoms. The summed E-state index contributed by atoms with van der Waals surface area (Å²) in [6.45, 7) is 3.41. The summed E-state index contributed by atoms with van der Waals surface area (Å²) in [6.07, 6.45) is -4.33. The number of alkyl halides is 3. The molecule has 0 saturated carbocycles. The van der Waals surface area contributed by atoms with Crippen molar-refractivity contribution in [2.75, 3.05) is 13.1 Å². The van der Waals surface area contributed by atoms with Gasteiger partial charge in [0.2, 0.25) is 5.91 Å². The molecule has 2 N–H and O–H groups in total. The van der Waals surface area contributed by atoms with E-state index in [-0.39, 0.29) is 12.5 Å². The highest BCUT2D eigenvalue weighted by atomic mass is 19.4. The molecule has 1 amide bonds. The zero-order valence-corrected chi connectivity index (χ0v) is 11.0. The van der Waals surface area contributed by atoms with Crippen LogP contribution in [0.15, 0.2) is 35.4 Å². The van der Waals surface area contributed by atoms with Gasteiger partial charge in [-0.25, -0.2) is 0 Å². The van der Waals surface area contributed by atoms with Gasteiger partial charge >= 0.3 is 6.18 Å². The Kier molecular flexibility index (Phi) is 4.13. The van der Waals surface area contributed by atoms with Crippen molar-refractivity contribution in [3.63, 3.8) is 0 Å². The van der Waals surface area contributed by atoms with Crippen LogP contribution >= 0.6 is 0 Å². The molecule has 20 heavy (non-hydrogen) atoms. The molecule has 1 aromatic rings. The standard InChI is InChI=1S/C14H15F3N2O/c1-9(11-7-18-8-11)13(20)19-6-10-2-4-12(5-3-10)14(15,16)17/h2-5,18H,6-8H2,1H3,(H,19,20). The van der Waals surface area contributed by atoms with Crippen LogP contribution in [0.1, 0.15) is 18.1 Å². The van der Waals surface area contributed by atoms with Gasteiger partial charge in [-0.15, -0.1) is 0 Å². The summed E-state index contributed by atoms with van der Waals surface area (Å²) in [5.74, 6) is -0.179. The van der Waals surface area contributed by atoms with E-state index in [2.05, 4.69) is 10.6 Å². The van der Waals surface area contributed by atoms with Gasteiger partial charge in [-0.3, -0.25) is 4.79 Å². The topological polar surface area (TPSA) is 41.1 Å². The summed E-state index contributed by atoms with van der Waals surface area (Å²) in [4.78, 5) is 11.8. The van der Waals surface area contributed by atoms with E-state index in [1.54, 1.807) is 6.92 Å². The van der Waals surface area contributed by atoms with E-state index in [9.17, 15) is 18.0 Å². The van der Waals surface area contributed by atoms with Gasteiger partial charge in [0.05, 0.1) is 5.56 Å². The van der Waals surface area contributed by atoms with E-state index in [1.165, 1.54) is 12.1 Å². The van der Waals surface area contributed by atoms with Gasteiger partial charge in [-0.05, 0) is 30.2 Å². The van der Waals surface area contributed by atoms with E-state index in [1.807, 2.05) is 0 Å². The minimum Gasteiger partial charge on any atom is -0.348 e. The molecule has 0 radical (unpaired) electrons. The molecule has 108 valence electrons. The third-order valence-corrected chi connectivity index (χ3v) is 3.28. The lowest BCUT2D eigenvalue weighted by atomic mass is 10.0. The van der Waals surface area contributed by atoms with Crippen LogP contribution in [0.3, 0.4) is 0 Å². The monoisotopic (exact) mass is 284 g/mol. The Morgan fingerprint density at radius 1 is 1.25 bits per heavy atom. The molecule has 1 fully saturated rings. The number of amides is 1. The van der Waals surface area contributed by atoms with Gasteiger partial charge in [0.1, 0.15) is 0 Å². The lowest BCUT2D eigenvalue weighted by Crippen LogP contribution is -2.37. The first kappa shape index (κ1) is 14.6. The van der Waals surface area contributed by atoms with Crippen molar-refractivity contribution in [2.24, 2.45) is 0 Å². The minimum atomic E-state index is -4.33. The molecular weight excluding hydrogens is 269 g/mol. The van der Waals surface area contributed by atoms with E-state index in [0.717, 1.165) is 30.8 Å². The largest absolute Gasteiger partial charge is 0.416 e. The molecule has 0 aliphatic carbocycles. The Morgan fingerprint density at radius 2 is 1.85 bits per heavy atom. The fraction of sp³-hybridized carbons (Fsp3) is 0.357. The SMILES string of the molecule is CC(C(=O)NCc1ccc(C(F)(F)F)cc1)=C1CNC1. The van der Waals surface area contributed by atoms with Crippen molar-refractivity contribution in [3.8, 4) is 0 Å². The number of carbonyl (C=O) groups excluding carboxylic acids is 1. The average molecular weight is 284 g/mol. The van der Waals surface area contributed by atoms with Crippen molar-refractivity contribution in [2.45, 2.75) is 19.6 Å². The highest BCUT2D eigenvalue weighted by molar-refractivity contribution is 5.93. The molecule has 6 heteroatoms. The molecule has 1 heterocycles. The third-order valence-electron chi connectivity index (χ3n) is 3.28. The maximum atomic E-state index is 12.4. The van der Waals surface area contributed by atoms with Crippen LogP contribution in [0.5, 0.6) is 0 Å². The first-order valence-electron chi connectivity index (χ1n) is 6.21. The van der Waals surface area contributed by atoms with Crippen LogP contribution in [0.25, 0.3) is 0 Å². The molecular formula is C14H15F3N2O. The molecule has 0 aromatic heterocycles. The van der Waals surface area contributed by atoms with E-state index < -0.39 is 11.7 Å². The number of nitrogens with one attached hydrogen (secondary N) is 2. The van der Waals surface area contributed by atoms with E-state index in [4.69, 9.17) is 0 Å². The summed E-state index contributed by atoms with van der Waals surface area (Å²) < 4.78 is 37.2. The van der Waals surface area contributed by atoms with Crippen molar-refractivity contribution in [1.29, 1.82) is 0 Å². The Morgan fingerprint density at radius 3 is 2.30 bits per heavy atom. The molecule has 0 atom stereocenters. The molecule has 3 nitrogen and oxygen atoms in total. The average Bonchev–Trinajstić information content (AvgIpc) is 2.33. The number of rotatable bonds is 3. The zero-order chi connectivity index (χ0) is 14.8. The van der Waals surface area contributed by atoms with Gasteiger partial charge < -0.3 is 10.6 Å². The van der Waals surface area contributed by atoms with Crippen LogP contribution in [0.4, 0.5) is 13.2 Å². The van der Waals surface area contributed by atoms with Gasteiger partial charge in [-0.2, -0.15) is 13.2 Å². The predicted octanol–water partition coefficient (Wildman–Crippen LogP) is 2.24. The molecule has 1 aliphatic heterocycles. The van der Waals surface area contributed by atoms with Gasteiger partial charge in [0.25, 0.3) is 0 Å². The summed E-state index contributed by atoms with van der Waals surface area (Å²) in [5, 5.41) is 5.75. The first-order valence-corrected chi connectivity index (χ1v) is 6.21. The van der Waals surface area contributed by atoms with Crippen molar-refractivity contribution in [1.82, 2.24) is 10.6 Å². The van der Waals surface area contributed by atoms with Crippen molar-refractivity contribution < 1.29 is 18.0 Å². The molecule has 0 bridgehead atoms. The third kappa shape index (κ3) is 3.39. The van der Waals surface area contributed by atoms with Gasteiger partial charge in [0, 0.05) is 25.2 Å². The maximum Gasteiger partial charge on any atom is 0.416 e. The molecule has 2 rings (SSSR count). The van der Waals surface area contributed by atoms with Crippen LogP contribution in [-0.4, -0.2) is 19.0 Å². The predicted molar refractivity (Wildman–Crippen MR) is 68.9 cm³/mol. The second-order valence-electron chi connectivity index (χ2n) is 4.71. The number of carbonyl (C=O) groups is 1. The summed E-state index contributed by atoms with van der Waals surface area (Å²) in [7, 11) is 0. The van der Waals surface area contributed by atoms with Crippen LogP contribution in [-0.2, 0) is 17.5 Å². The van der Waals surface area contributed by atoms with Crippen molar-refractivity contribution >= 4 is 5.91 Å². The van der Waals surface area contributed by atoms with Crippen LogP contribution in [0.2, 0.25) is 0 Å². The molecule has 0 unspecified atom stereocenters. The number of benzene rings is 1. The lowest BCUT2D eigenvalue weighted by Gasteiger charge is -2.21. The highest BCUT2D eigenvalue weighted by Crippen LogP contribution is 2.29. The number of halogens is 3. The lowest BCUT2D eigenvalue weighted by molar-refractivity contribution is -0.137. The Bertz CT molecular complexity index is 526. The Hall–Kier alpha value is -1.82. The van der Waals surface area contributed by atoms with E-state index in [0.29, 0.717) is 11.1 Å². The first-order chi connectivity index (χ1) is 9.38. The smallest absolute Gasteiger partial charge is 0.348 e. The quantitative estimate of drug-likeness (QED) is 0.836. The number of hydrogen-bond donors (Lipinski definition) is 2. The van der Waals surface area contributed by atoms with E-state index >= 15 is 0 Å².